The van der Waals surface area contributed by atoms with Crippen molar-refractivity contribution in [2.45, 2.75) is 44.1 Å². The van der Waals surface area contributed by atoms with E-state index in [4.69, 9.17) is 0 Å². The summed E-state index contributed by atoms with van der Waals surface area (Å²) in [5.74, 6) is -0.869. The van der Waals surface area contributed by atoms with Crippen molar-refractivity contribution in [3.8, 4) is 0 Å². The van der Waals surface area contributed by atoms with Crippen LogP contribution in [0.5, 0.6) is 0 Å². The van der Waals surface area contributed by atoms with Gasteiger partial charge in [0.25, 0.3) is 0 Å². The highest BCUT2D eigenvalue weighted by Crippen LogP contribution is 2.26. The molecule has 0 bridgehead atoms. The second kappa shape index (κ2) is 7.34. The van der Waals surface area contributed by atoms with Crippen molar-refractivity contribution < 1.29 is 18.0 Å². The third kappa shape index (κ3) is 3.77. The first-order valence-corrected chi connectivity index (χ1v) is 9.74. The highest BCUT2D eigenvalue weighted by atomic mass is 32.2. The van der Waals surface area contributed by atoms with Crippen LogP contribution in [0, 0.1) is 0 Å². The van der Waals surface area contributed by atoms with E-state index < -0.39 is 26.2 Å². The van der Waals surface area contributed by atoms with Crippen LogP contribution < -0.4 is 10.2 Å². The predicted octanol–water partition coefficient (Wildman–Crippen LogP) is 1.29. The molecule has 1 atom stereocenters. The van der Waals surface area contributed by atoms with Gasteiger partial charge in [-0.1, -0.05) is 18.2 Å². The Morgan fingerprint density at radius 3 is 2.54 bits per heavy atom. The van der Waals surface area contributed by atoms with Crippen LogP contribution in [0.4, 0.5) is 5.69 Å². The Kier molecular flexibility index (Phi) is 5.64. The fraction of sp³-hybridized carbons (Fsp3) is 0.529. The zero-order chi connectivity index (χ0) is 17.9. The van der Waals surface area contributed by atoms with E-state index in [0.29, 0.717) is 6.54 Å². The molecule has 132 valence electrons. The number of carbonyl (C=O) groups is 2. The monoisotopic (exact) mass is 352 g/mol. The van der Waals surface area contributed by atoms with Gasteiger partial charge in [-0.25, -0.2) is 8.42 Å². The Morgan fingerprint density at radius 1 is 1.21 bits per heavy atom. The Hall–Kier alpha value is -1.89. The van der Waals surface area contributed by atoms with E-state index >= 15 is 0 Å². The van der Waals surface area contributed by atoms with Crippen LogP contribution in [0.1, 0.15) is 32.8 Å². The van der Waals surface area contributed by atoms with E-state index in [9.17, 15) is 18.0 Å². The SMILES string of the molecule is CC(C)S(=O)(=O)C(C)C(=O)NCC(=O)N1CCCc2ccccc21. The van der Waals surface area contributed by atoms with Crippen LogP contribution in [0.2, 0.25) is 0 Å². The van der Waals surface area contributed by atoms with Gasteiger partial charge in [-0.05, 0) is 45.2 Å². The number of anilines is 1. The Balaban J connectivity index is 2.01. The molecule has 6 nitrogen and oxygen atoms in total. The molecule has 0 fully saturated rings. The lowest BCUT2D eigenvalue weighted by atomic mass is 10.0. The van der Waals surface area contributed by atoms with Crippen molar-refractivity contribution in [1.29, 1.82) is 0 Å². The molecule has 0 radical (unpaired) electrons. The molecule has 24 heavy (non-hydrogen) atoms. The van der Waals surface area contributed by atoms with E-state index in [0.717, 1.165) is 24.1 Å². The maximum Gasteiger partial charge on any atom is 0.246 e. The minimum absolute atomic E-state index is 0.203. The molecule has 2 rings (SSSR count). The van der Waals surface area contributed by atoms with Crippen LogP contribution in [-0.4, -0.2) is 43.8 Å². The third-order valence-corrected chi connectivity index (χ3v) is 6.86. The van der Waals surface area contributed by atoms with Gasteiger partial charge in [-0.3, -0.25) is 9.59 Å². The Bertz CT molecular complexity index is 728. The highest BCUT2D eigenvalue weighted by Gasteiger charge is 2.31. The molecule has 0 aromatic heterocycles. The summed E-state index contributed by atoms with van der Waals surface area (Å²) in [6, 6.07) is 7.69. The molecule has 7 heteroatoms. The topological polar surface area (TPSA) is 83.5 Å². The zero-order valence-corrected chi connectivity index (χ0v) is 15.1. The number of benzene rings is 1. The van der Waals surface area contributed by atoms with Crippen molar-refractivity contribution >= 4 is 27.3 Å². The average Bonchev–Trinajstić information content (AvgIpc) is 2.57. The molecule has 1 aliphatic rings. The van der Waals surface area contributed by atoms with Crippen molar-refractivity contribution in [3.05, 3.63) is 29.8 Å². The Morgan fingerprint density at radius 2 is 1.88 bits per heavy atom. The second-order valence-electron chi connectivity index (χ2n) is 6.28. The standard InChI is InChI=1S/C17H24N2O4S/c1-12(2)24(22,23)13(3)17(21)18-11-16(20)19-10-6-8-14-7-4-5-9-15(14)19/h4-5,7,9,12-13H,6,8,10-11H2,1-3H3,(H,18,21). The molecule has 1 unspecified atom stereocenters. The molecular formula is C17H24N2O4S. The van der Waals surface area contributed by atoms with Gasteiger partial charge >= 0.3 is 0 Å². The maximum atomic E-state index is 12.4. The number of hydrogen-bond donors (Lipinski definition) is 1. The highest BCUT2D eigenvalue weighted by molar-refractivity contribution is 7.93. The number of nitrogens with zero attached hydrogens (tertiary/aromatic N) is 1. The number of rotatable bonds is 5. The van der Waals surface area contributed by atoms with Gasteiger partial charge in [-0.2, -0.15) is 0 Å². The van der Waals surface area contributed by atoms with Crippen LogP contribution >= 0.6 is 0 Å². The number of nitrogens with one attached hydrogen (secondary N) is 1. The molecule has 1 N–H and O–H groups in total. The van der Waals surface area contributed by atoms with Gasteiger partial charge in [0.05, 0.1) is 11.8 Å². The quantitative estimate of drug-likeness (QED) is 0.866. The first-order valence-electron chi connectivity index (χ1n) is 8.14. The van der Waals surface area contributed by atoms with Crippen LogP contribution in [-0.2, 0) is 25.8 Å². The summed E-state index contributed by atoms with van der Waals surface area (Å²) in [6.07, 6.45) is 1.80. The summed E-state index contributed by atoms with van der Waals surface area (Å²) >= 11 is 0. The second-order valence-corrected chi connectivity index (χ2v) is 9.10. The summed E-state index contributed by atoms with van der Waals surface area (Å²) in [4.78, 5) is 26.2. The number of carbonyl (C=O) groups excluding carboxylic acids is 2. The van der Waals surface area contributed by atoms with E-state index in [-0.39, 0.29) is 12.5 Å². The maximum absolute atomic E-state index is 12.4. The van der Waals surface area contributed by atoms with Gasteiger partial charge in [0.2, 0.25) is 11.8 Å². The largest absolute Gasteiger partial charge is 0.346 e. The zero-order valence-electron chi connectivity index (χ0n) is 14.3. The molecular weight excluding hydrogens is 328 g/mol. The van der Waals surface area contributed by atoms with Gasteiger partial charge in [0.1, 0.15) is 5.25 Å². The van der Waals surface area contributed by atoms with E-state index in [1.54, 1.807) is 4.90 Å². The summed E-state index contributed by atoms with van der Waals surface area (Å²) in [7, 11) is -3.53. The molecule has 1 aromatic rings. The molecule has 2 amide bonds. The minimum Gasteiger partial charge on any atom is -0.346 e. The summed E-state index contributed by atoms with van der Waals surface area (Å²) in [5.41, 5.74) is 1.98. The lowest BCUT2D eigenvalue weighted by molar-refractivity contribution is -0.124. The summed E-state index contributed by atoms with van der Waals surface area (Å²) < 4.78 is 24.1. The van der Waals surface area contributed by atoms with Crippen molar-refractivity contribution in [1.82, 2.24) is 5.32 Å². The van der Waals surface area contributed by atoms with E-state index in [1.807, 2.05) is 24.3 Å². The molecule has 1 aliphatic heterocycles. The van der Waals surface area contributed by atoms with Gasteiger partial charge < -0.3 is 10.2 Å². The first-order chi connectivity index (χ1) is 11.2. The normalized spacial score (nSPS) is 15.8. The molecule has 1 heterocycles. The minimum atomic E-state index is -3.53. The summed E-state index contributed by atoms with van der Waals surface area (Å²) in [5, 5.41) is 0.658. The first kappa shape index (κ1) is 18.4. The van der Waals surface area contributed by atoms with Crippen molar-refractivity contribution in [2.24, 2.45) is 0 Å². The van der Waals surface area contributed by atoms with Crippen LogP contribution in [0.3, 0.4) is 0 Å². The lowest BCUT2D eigenvalue weighted by Gasteiger charge is -2.29. The molecule has 0 saturated carbocycles. The van der Waals surface area contributed by atoms with Crippen LogP contribution in [0.15, 0.2) is 24.3 Å². The number of sulfone groups is 1. The Labute approximate surface area is 143 Å². The fourth-order valence-electron chi connectivity index (χ4n) is 2.75. The van der Waals surface area contributed by atoms with Gasteiger partial charge in [-0.15, -0.1) is 0 Å². The van der Waals surface area contributed by atoms with Gasteiger partial charge in [0, 0.05) is 12.2 Å². The molecule has 0 spiro atoms. The van der Waals surface area contributed by atoms with Crippen LogP contribution in [0.25, 0.3) is 0 Å². The smallest absolute Gasteiger partial charge is 0.246 e. The van der Waals surface area contributed by atoms with Crippen molar-refractivity contribution in [2.75, 3.05) is 18.0 Å². The molecule has 0 saturated heterocycles. The number of hydrogen-bond acceptors (Lipinski definition) is 4. The molecule has 0 aliphatic carbocycles. The fourth-order valence-corrected chi connectivity index (χ4v) is 3.95. The average molecular weight is 352 g/mol. The number of para-hydroxylation sites is 1. The van der Waals surface area contributed by atoms with E-state index in [1.165, 1.54) is 20.8 Å². The van der Waals surface area contributed by atoms with Gasteiger partial charge in [0.15, 0.2) is 9.84 Å². The molecule has 1 aromatic carbocycles. The number of aryl methyl sites for hydroxylation is 1. The predicted molar refractivity (Wildman–Crippen MR) is 93.6 cm³/mol. The van der Waals surface area contributed by atoms with E-state index in [2.05, 4.69) is 5.32 Å². The lowest BCUT2D eigenvalue weighted by Crippen LogP contribution is -2.46. The number of fused-ring (bicyclic) bond motifs is 1. The third-order valence-electron chi connectivity index (χ3n) is 4.34. The van der Waals surface area contributed by atoms with Crippen molar-refractivity contribution in [3.63, 3.8) is 0 Å². The summed E-state index contributed by atoms with van der Waals surface area (Å²) in [6.45, 7) is 4.83. The number of amides is 2.